The van der Waals surface area contributed by atoms with E-state index in [-0.39, 0.29) is 0 Å². The first-order valence-corrected chi connectivity index (χ1v) is 6.19. The van der Waals surface area contributed by atoms with Crippen molar-refractivity contribution in [3.05, 3.63) is 65.2 Å². The summed E-state index contributed by atoms with van der Waals surface area (Å²) in [6.45, 7) is 0. The number of hydrogen-bond donors (Lipinski definition) is 1. The van der Waals surface area contributed by atoms with Gasteiger partial charge >= 0.3 is 0 Å². The average Bonchev–Trinajstić information content (AvgIpc) is 2.78. The quantitative estimate of drug-likeness (QED) is 0.874. The molecule has 0 amide bonds. The standard InChI is InChI=1S/C16H16O2/c1-18-14-8-7-12-9-10-16(17,15(12)11-14)13-5-3-2-4-6-13/h2-8,11,17H,9-10H2,1H3. The van der Waals surface area contributed by atoms with Gasteiger partial charge in [0.15, 0.2) is 0 Å². The van der Waals surface area contributed by atoms with Gasteiger partial charge in [0, 0.05) is 0 Å². The highest BCUT2D eigenvalue weighted by Crippen LogP contribution is 2.43. The number of ether oxygens (including phenoxy) is 1. The van der Waals surface area contributed by atoms with Gasteiger partial charge in [-0.15, -0.1) is 0 Å². The van der Waals surface area contributed by atoms with E-state index in [1.807, 2.05) is 42.5 Å². The summed E-state index contributed by atoms with van der Waals surface area (Å²) in [5.41, 5.74) is 2.28. The van der Waals surface area contributed by atoms with Crippen molar-refractivity contribution in [3.63, 3.8) is 0 Å². The maximum absolute atomic E-state index is 11.0. The molecule has 2 heteroatoms. The van der Waals surface area contributed by atoms with Crippen molar-refractivity contribution in [3.8, 4) is 5.75 Å². The Morgan fingerprint density at radius 2 is 1.89 bits per heavy atom. The Labute approximate surface area is 107 Å². The van der Waals surface area contributed by atoms with Crippen molar-refractivity contribution < 1.29 is 9.84 Å². The number of fused-ring (bicyclic) bond motifs is 1. The lowest BCUT2D eigenvalue weighted by Gasteiger charge is -2.25. The van der Waals surface area contributed by atoms with Crippen LogP contribution >= 0.6 is 0 Å². The average molecular weight is 240 g/mol. The Morgan fingerprint density at radius 1 is 1.11 bits per heavy atom. The summed E-state index contributed by atoms with van der Waals surface area (Å²) >= 11 is 0. The molecule has 0 saturated carbocycles. The van der Waals surface area contributed by atoms with Gasteiger partial charge in [-0.05, 0) is 41.7 Å². The van der Waals surface area contributed by atoms with Gasteiger partial charge in [0.25, 0.3) is 0 Å². The van der Waals surface area contributed by atoms with Gasteiger partial charge in [-0.1, -0.05) is 36.4 Å². The highest BCUT2D eigenvalue weighted by molar-refractivity contribution is 5.48. The molecule has 1 atom stereocenters. The van der Waals surface area contributed by atoms with E-state index >= 15 is 0 Å². The van der Waals surface area contributed by atoms with Gasteiger partial charge in [0.2, 0.25) is 0 Å². The number of methoxy groups -OCH3 is 1. The van der Waals surface area contributed by atoms with Crippen LogP contribution in [0.2, 0.25) is 0 Å². The molecule has 0 aliphatic heterocycles. The van der Waals surface area contributed by atoms with Crippen LogP contribution in [0.15, 0.2) is 48.5 Å². The van der Waals surface area contributed by atoms with E-state index in [0.29, 0.717) is 0 Å². The van der Waals surface area contributed by atoms with E-state index < -0.39 is 5.60 Å². The van der Waals surface area contributed by atoms with Crippen molar-refractivity contribution in [1.29, 1.82) is 0 Å². The van der Waals surface area contributed by atoms with Crippen molar-refractivity contribution in [2.24, 2.45) is 0 Å². The molecule has 0 bridgehead atoms. The van der Waals surface area contributed by atoms with E-state index in [0.717, 1.165) is 29.7 Å². The lowest BCUT2D eigenvalue weighted by molar-refractivity contribution is 0.0827. The summed E-state index contributed by atoms with van der Waals surface area (Å²) in [6, 6.07) is 15.8. The molecule has 0 saturated heterocycles. The van der Waals surface area contributed by atoms with Crippen LogP contribution in [0.4, 0.5) is 0 Å². The minimum absolute atomic E-state index is 0.736. The van der Waals surface area contributed by atoms with E-state index in [9.17, 15) is 5.11 Å². The fraction of sp³-hybridized carbons (Fsp3) is 0.250. The fourth-order valence-corrected chi connectivity index (χ4v) is 2.75. The minimum Gasteiger partial charge on any atom is -0.497 e. The highest BCUT2D eigenvalue weighted by atomic mass is 16.5. The molecule has 1 N–H and O–H groups in total. The summed E-state index contributed by atoms with van der Waals surface area (Å²) in [5, 5.41) is 11.0. The van der Waals surface area contributed by atoms with Crippen LogP contribution in [0.1, 0.15) is 23.1 Å². The van der Waals surface area contributed by atoms with Crippen LogP contribution in [-0.4, -0.2) is 12.2 Å². The molecule has 92 valence electrons. The summed E-state index contributed by atoms with van der Waals surface area (Å²) in [4.78, 5) is 0. The Hall–Kier alpha value is -1.80. The van der Waals surface area contributed by atoms with E-state index in [1.165, 1.54) is 5.56 Å². The summed E-state index contributed by atoms with van der Waals surface area (Å²) in [5.74, 6) is 0.796. The smallest absolute Gasteiger partial charge is 0.119 e. The van der Waals surface area contributed by atoms with Gasteiger partial charge in [0.05, 0.1) is 7.11 Å². The van der Waals surface area contributed by atoms with Crippen molar-refractivity contribution in [1.82, 2.24) is 0 Å². The molecule has 3 rings (SSSR count). The van der Waals surface area contributed by atoms with Crippen molar-refractivity contribution in [2.75, 3.05) is 7.11 Å². The first-order valence-electron chi connectivity index (χ1n) is 6.19. The minimum atomic E-state index is -0.870. The molecular weight excluding hydrogens is 224 g/mol. The molecule has 1 aliphatic carbocycles. The van der Waals surface area contributed by atoms with Gasteiger partial charge in [-0.2, -0.15) is 0 Å². The molecule has 2 nitrogen and oxygen atoms in total. The maximum Gasteiger partial charge on any atom is 0.119 e. The predicted molar refractivity (Wildman–Crippen MR) is 70.8 cm³/mol. The van der Waals surface area contributed by atoms with Crippen molar-refractivity contribution >= 4 is 0 Å². The number of hydrogen-bond acceptors (Lipinski definition) is 2. The third kappa shape index (κ3) is 1.61. The van der Waals surface area contributed by atoms with Crippen LogP contribution in [0.3, 0.4) is 0 Å². The second-order valence-corrected chi connectivity index (χ2v) is 4.75. The van der Waals surface area contributed by atoms with Crippen LogP contribution < -0.4 is 4.74 Å². The monoisotopic (exact) mass is 240 g/mol. The molecule has 0 aromatic heterocycles. The molecule has 2 aromatic carbocycles. The van der Waals surface area contributed by atoms with E-state index in [4.69, 9.17) is 4.74 Å². The topological polar surface area (TPSA) is 29.5 Å². The first kappa shape index (κ1) is 11.3. The third-order valence-corrected chi connectivity index (χ3v) is 3.77. The van der Waals surface area contributed by atoms with Gasteiger partial charge < -0.3 is 9.84 Å². The van der Waals surface area contributed by atoms with Gasteiger partial charge in [0.1, 0.15) is 11.4 Å². The Balaban J connectivity index is 2.13. The Bertz CT molecular complexity index is 563. The zero-order valence-corrected chi connectivity index (χ0v) is 10.4. The Kier molecular flexibility index (Phi) is 2.60. The third-order valence-electron chi connectivity index (χ3n) is 3.77. The largest absolute Gasteiger partial charge is 0.497 e. The summed E-state index contributed by atoms with van der Waals surface area (Å²) in [7, 11) is 1.65. The molecule has 1 unspecified atom stereocenters. The molecule has 0 heterocycles. The lowest BCUT2D eigenvalue weighted by Crippen LogP contribution is -2.23. The lowest BCUT2D eigenvalue weighted by atomic mass is 9.88. The number of aryl methyl sites for hydroxylation is 1. The zero-order valence-electron chi connectivity index (χ0n) is 10.4. The SMILES string of the molecule is COc1ccc2c(c1)C(O)(c1ccccc1)CC2. The maximum atomic E-state index is 11.0. The van der Waals surface area contributed by atoms with Gasteiger partial charge in [-0.3, -0.25) is 0 Å². The molecule has 1 aliphatic rings. The number of rotatable bonds is 2. The molecule has 2 aromatic rings. The van der Waals surface area contributed by atoms with Crippen LogP contribution in [0.25, 0.3) is 0 Å². The van der Waals surface area contributed by atoms with E-state index in [1.54, 1.807) is 7.11 Å². The summed E-state index contributed by atoms with van der Waals surface area (Å²) < 4.78 is 5.26. The van der Waals surface area contributed by atoms with Crippen LogP contribution in [-0.2, 0) is 12.0 Å². The highest BCUT2D eigenvalue weighted by Gasteiger charge is 2.38. The number of benzene rings is 2. The molecular formula is C16H16O2. The molecule has 18 heavy (non-hydrogen) atoms. The normalized spacial score (nSPS) is 21.7. The van der Waals surface area contributed by atoms with Crippen LogP contribution in [0.5, 0.6) is 5.75 Å². The zero-order chi connectivity index (χ0) is 12.6. The molecule has 0 spiro atoms. The predicted octanol–water partition coefficient (Wildman–Crippen LogP) is 2.88. The molecule has 0 radical (unpaired) electrons. The Morgan fingerprint density at radius 3 is 2.61 bits per heavy atom. The summed E-state index contributed by atoms with van der Waals surface area (Å²) in [6.07, 6.45) is 1.64. The first-order chi connectivity index (χ1) is 8.74. The van der Waals surface area contributed by atoms with E-state index in [2.05, 4.69) is 6.07 Å². The van der Waals surface area contributed by atoms with Crippen molar-refractivity contribution in [2.45, 2.75) is 18.4 Å². The molecule has 0 fully saturated rings. The van der Waals surface area contributed by atoms with Crippen LogP contribution in [0, 0.1) is 0 Å². The second kappa shape index (κ2) is 4.14. The fourth-order valence-electron chi connectivity index (χ4n) is 2.75. The second-order valence-electron chi connectivity index (χ2n) is 4.75. The number of aliphatic hydroxyl groups is 1. The van der Waals surface area contributed by atoms with Gasteiger partial charge in [-0.25, -0.2) is 0 Å².